The lowest BCUT2D eigenvalue weighted by Gasteiger charge is -2.35. The van der Waals surface area contributed by atoms with Crippen LogP contribution >= 0.6 is 0 Å². The molecule has 1 fully saturated rings. The van der Waals surface area contributed by atoms with Crippen molar-refractivity contribution in [1.29, 1.82) is 0 Å². The molecular formula is C27H30FN3O5S. The van der Waals surface area contributed by atoms with Crippen LogP contribution in [0.1, 0.15) is 27.5 Å². The van der Waals surface area contributed by atoms with E-state index in [1.165, 1.54) is 25.3 Å². The van der Waals surface area contributed by atoms with Crippen LogP contribution in [0.25, 0.3) is 0 Å². The number of aryl methyl sites for hydroxylation is 1. The summed E-state index contributed by atoms with van der Waals surface area (Å²) >= 11 is 0. The van der Waals surface area contributed by atoms with Gasteiger partial charge in [-0.1, -0.05) is 30.3 Å². The average Bonchev–Trinajstić information content (AvgIpc) is 2.90. The van der Waals surface area contributed by atoms with Crippen molar-refractivity contribution in [3.63, 3.8) is 0 Å². The van der Waals surface area contributed by atoms with Crippen molar-refractivity contribution in [3.05, 3.63) is 89.2 Å². The highest BCUT2D eigenvalue weighted by Gasteiger charge is 2.25. The molecule has 1 heterocycles. The number of carbonyl (C=O) groups excluding carboxylic acids is 1. The third-order valence-corrected chi connectivity index (χ3v) is 7.80. The van der Waals surface area contributed by atoms with Gasteiger partial charge in [-0.05, 0) is 54.4 Å². The number of ether oxygens (including phenoxy) is 2. The van der Waals surface area contributed by atoms with E-state index < -0.39 is 15.9 Å². The van der Waals surface area contributed by atoms with E-state index >= 15 is 0 Å². The van der Waals surface area contributed by atoms with E-state index in [1.54, 1.807) is 55.5 Å². The standard InChI is InChI=1S/C27H30FN3O5S/c1-19-7-8-21(17-26(19)37(33,34)30-23-5-3-4-6-25(23)35-2)27(32)29-18-24(31-13-15-36-16-14-31)20-9-11-22(28)12-10-20/h3-12,17,24,30H,13-16,18H2,1-2H3,(H,29,32)/t24-/m0/s1. The maximum absolute atomic E-state index is 13.5. The Morgan fingerprint density at radius 1 is 1.08 bits per heavy atom. The number of hydrogen-bond donors (Lipinski definition) is 2. The molecule has 0 aromatic heterocycles. The summed E-state index contributed by atoms with van der Waals surface area (Å²) in [5, 5.41) is 2.93. The number of morpholine rings is 1. The number of rotatable bonds is 9. The average molecular weight is 528 g/mol. The van der Waals surface area contributed by atoms with Gasteiger partial charge in [0.25, 0.3) is 15.9 Å². The SMILES string of the molecule is COc1ccccc1NS(=O)(=O)c1cc(C(=O)NC[C@@H](c2ccc(F)cc2)N2CCOCC2)ccc1C. The molecule has 4 rings (SSSR count). The summed E-state index contributed by atoms with van der Waals surface area (Å²) in [6.45, 7) is 4.44. The van der Waals surface area contributed by atoms with Gasteiger partial charge in [0.1, 0.15) is 11.6 Å². The van der Waals surface area contributed by atoms with Crippen LogP contribution in [0.15, 0.2) is 71.6 Å². The lowest BCUT2D eigenvalue weighted by atomic mass is 10.0. The molecule has 8 nitrogen and oxygen atoms in total. The fraction of sp³-hybridized carbons (Fsp3) is 0.296. The van der Waals surface area contributed by atoms with Crippen LogP contribution in [-0.2, 0) is 14.8 Å². The Balaban J connectivity index is 1.53. The van der Waals surface area contributed by atoms with Gasteiger partial charge in [-0.25, -0.2) is 12.8 Å². The lowest BCUT2D eigenvalue weighted by molar-refractivity contribution is 0.0162. The van der Waals surface area contributed by atoms with Crippen molar-refractivity contribution in [2.45, 2.75) is 17.9 Å². The number of para-hydroxylation sites is 2. The van der Waals surface area contributed by atoms with Crippen molar-refractivity contribution in [2.24, 2.45) is 0 Å². The first-order valence-electron chi connectivity index (χ1n) is 11.9. The molecule has 0 radical (unpaired) electrons. The van der Waals surface area contributed by atoms with Crippen LogP contribution in [0, 0.1) is 12.7 Å². The summed E-state index contributed by atoms with van der Waals surface area (Å²) in [7, 11) is -2.54. The van der Waals surface area contributed by atoms with E-state index in [9.17, 15) is 17.6 Å². The van der Waals surface area contributed by atoms with Gasteiger partial charge >= 0.3 is 0 Å². The number of nitrogens with zero attached hydrogens (tertiary/aromatic N) is 1. The zero-order chi connectivity index (χ0) is 26.4. The summed E-state index contributed by atoms with van der Waals surface area (Å²) in [4.78, 5) is 15.3. The van der Waals surface area contributed by atoms with E-state index in [0.29, 0.717) is 43.3 Å². The molecule has 0 spiro atoms. The molecule has 3 aromatic carbocycles. The highest BCUT2D eigenvalue weighted by atomic mass is 32.2. The lowest BCUT2D eigenvalue weighted by Crippen LogP contribution is -2.43. The molecule has 1 saturated heterocycles. The van der Waals surface area contributed by atoms with E-state index in [1.807, 2.05) is 0 Å². The van der Waals surface area contributed by atoms with Gasteiger partial charge in [0.15, 0.2) is 0 Å². The first kappa shape index (κ1) is 26.6. The molecule has 1 aliphatic heterocycles. The van der Waals surface area contributed by atoms with Crippen molar-refractivity contribution in [3.8, 4) is 5.75 Å². The quantitative estimate of drug-likeness (QED) is 0.440. The molecule has 196 valence electrons. The minimum atomic E-state index is -4.00. The Kier molecular flexibility index (Phi) is 8.42. The molecule has 37 heavy (non-hydrogen) atoms. The van der Waals surface area contributed by atoms with Gasteiger partial charge in [0.2, 0.25) is 0 Å². The molecule has 0 aliphatic carbocycles. The number of halogens is 1. The minimum absolute atomic E-state index is 0.00526. The normalized spacial score (nSPS) is 15.1. The molecule has 1 atom stereocenters. The second-order valence-electron chi connectivity index (χ2n) is 8.71. The van der Waals surface area contributed by atoms with E-state index in [4.69, 9.17) is 9.47 Å². The summed E-state index contributed by atoms with van der Waals surface area (Å²) < 4.78 is 53.2. The number of anilines is 1. The number of benzene rings is 3. The van der Waals surface area contributed by atoms with Gasteiger partial charge in [-0.3, -0.25) is 14.4 Å². The third-order valence-electron chi connectivity index (χ3n) is 6.29. The number of amides is 1. The van der Waals surface area contributed by atoms with Gasteiger partial charge < -0.3 is 14.8 Å². The number of carbonyl (C=O) groups is 1. The maximum atomic E-state index is 13.5. The number of methoxy groups -OCH3 is 1. The molecule has 0 bridgehead atoms. The molecule has 2 N–H and O–H groups in total. The second-order valence-corrected chi connectivity index (χ2v) is 10.4. The van der Waals surface area contributed by atoms with Gasteiger partial charge in [-0.2, -0.15) is 0 Å². The predicted octanol–water partition coefficient (Wildman–Crippen LogP) is 3.75. The van der Waals surface area contributed by atoms with Crippen LogP contribution in [0.5, 0.6) is 5.75 Å². The molecule has 1 amide bonds. The molecule has 3 aromatic rings. The van der Waals surface area contributed by atoms with Crippen molar-refractivity contribution in [2.75, 3.05) is 44.7 Å². The van der Waals surface area contributed by atoms with Crippen molar-refractivity contribution in [1.82, 2.24) is 10.2 Å². The smallest absolute Gasteiger partial charge is 0.262 e. The molecule has 1 aliphatic rings. The Morgan fingerprint density at radius 2 is 1.78 bits per heavy atom. The van der Waals surface area contributed by atoms with Gasteiger partial charge in [0.05, 0.1) is 36.9 Å². The molecule has 0 saturated carbocycles. The summed E-state index contributed by atoms with van der Waals surface area (Å²) in [5.41, 5.74) is 1.88. The third kappa shape index (κ3) is 6.46. The molecular weight excluding hydrogens is 497 g/mol. The molecule has 10 heteroatoms. The summed E-state index contributed by atoms with van der Waals surface area (Å²) in [6, 6.07) is 17.3. The fourth-order valence-electron chi connectivity index (χ4n) is 4.28. The second kappa shape index (κ2) is 11.7. The van der Waals surface area contributed by atoms with Gasteiger partial charge in [0, 0.05) is 25.2 Å². The number of sulfonamides is 1. The van der Waals surface area contributed by atoms with Crippen LogP contribution < -0.4 is 14.8 Å². The zero-order valence-corrected chi connectivity index (χ0v) is 21.6. The topological polar surface area (TPSA) is 97.0 Å². The number of hydrogen-bond acceptors (Lipinski definition) is 6. The number of nitrogens with one attached hydrogen (secondary N) is 2. The zero-order valence-electron chi connectivity index (χ0n) is 20.7. The van der Waals surface area contributed by atoms with Crippen LogP contribution in [0.4, 0.5) is 10.1 Å². The minimum Gasteiger partial charge on any atom is -0.495 e. The van der Waals surface area contributed by atoms with Crippen LogP contribution in [0.3, 0.4) is 0 Å². The Bertz CT molecular complexity index is 1340. The highest BCUT2D eigenvalue weighted by molar-refractivity contribution is 7.92. The maximum Gasteiger partial charge on any atom is 0.262 e. The van der Waals surface area contributed by atoms with Crippen LogP contribution in [0.2, 0.25) is 0 Å². The van der Waals surface area contributed by atoms with Crippen LogP contribution in [-0.4, -0.2) is 59.2 Å². The first-order chi connectivity index (χ1) is 17.8. The summed E-state index contributed by atoms with van der Waals surface area (Å²) in [6.07, 6.45) is 0. The largest absolute Gasteiger partial charge is 0.495 e. The van der Waals surface area contributed by atoms with Crippen molar-refractivity contribution >= 4 is 21.6 Å². The molecule has 0 unspecified atom stereocenters. The van der Waals surface area contributed by atoms with Gasteiger partial charge in [-0.15, -0.1) is 0 Å². The Hall–Kier alpha value is -3.47. The summed E-state index contributed by atoms with van der Waals surface area (Å²) in [5.74, 6) is -0.356. The Morgan fingerprint density at radius 3 is 2.49 bits per heavy atom. The monoisotopic (exact) mass is 527 g/mol. The highest BCUT2D eigenvalue weighted by Crippen LogP contribution is 2.28. The van der Waals surface area contributed by atoms with Crippen molar-refractivity contribution < 1.29 is 27.1 Å². The Labute approximate surface area is 216 Å². The first-order valence-corrected chi connectivity index (χ1v) is 13.4. The fourth-order valence-corrected chi connectivity index (χ4v) is 5.62. The van der Waals surface area contributed by atoms with E-state index in [-0.39, 0.29) is 28.9 Å². The predicted molar refractivity (Wildman–Crippen MR) is 139 cm³/mol. The van der Waals surface area contributed by atoms with E-state index in [2.05, 4.69) is 14.9 Å². The van der Waals surface area contributed by atoms with E-state index in [0.717, 1.165) is 5.56 Å².